The lowest BCUT2D eigenvalue weighted by molar-refractivity contribution is 0.284. The molecule has 2 aromatic carbocycles. The Morgan fingerprint density at radius 3 is 2.63 bits per heavy atom. The van der Waals surface area contributed by atoms with Crippen molar-refractivity contribution in [2.75, 3.05) is 12.4 Å². The van der Waals surface area contributed by atoms with Crippen LogP contribution in [0.15, 0.2) is 40.9 Å². The molecule has 8 heteroatoms. The van der Waals surface area contributed by atoms with Crippen LogP contribution in [0.25, 0.3) is 0 Å². The highest BCUT2D eigenvalue weighted by molar-refractivity contribution is 9.10. The van der Waals surface area contributed by atoms with Crippen molar-refractivity contribution in [1.29, 1.82) is 0 Å². The molecule has 1 N–H and O–H groups in total. The average Bonchev–Trinajstić information content (AvgIpc) is 3.14. The molecule has 0 saturated heterocycles. The van der Waals surface area contributed by atoms with Gasteiger partial charge in [0.2, 0.25) is 5.95 Å². The van der Waals surface area contributed by atoms with Crippen molar-refractivity contribution in [1.82, 2.24) is 20.2 Å². The predicted molar refractivity (Wildman–Crippen MR) is 107 cm³/mol. The number of anilines is 1. The Hall–Kier alpha value is -2.61. The zero-order chi connectivity index (χ0) is 19.2. The van der Waals surface area contributed by atoms with Crippen LogP contribution in [0.1, 0.15) is 23.6 Å². The monoisotopic (exact) mass is 431 g/mol. The highest BCUT2D eigenvalue weighted by Crippen LogP contribution is 2.34. The summed E-state index contributed by atoms with van der Waals surface area (Å²) in [4.78, 5) is 0. The molecule has 142 valence electrons. The highest BCUT2D eigenvalue weighted by atomic mass is 79.9. The zero-order valence-corrected chi connectivity index (χ0v) is 17.2. The first-order valence-electron chi connectivity index (χ1n) is 8.65. The molecule has 1 heterocycles. The first-order valence-corrected chi connectivity index (χ1v) is 9.44. The maximum Gasteiger partial charge on any atom is 0.243 e. The fourth-order valence-electron chi connectivity index (χ4n) is 2.55. The van der Waals surface area contributed by atoms with Gasteiger partial charge in [-0.05, 0) is 47.5 Å². The fraction of sp³-hybridized carbons (Fsp3) is 0.316. The molecule has 0 fully saturated rings. The average molecular weight is 432 g/mol. The molecule has 0 unspecified atom stereocenters. The van der Waals surface area contributed by atoms with Crippen molar-refractivity contribution < 1.29 is 9.47 Å². The van der Waals surface area contributed by atoms with Crippen molar-refractivity contribution in [3.05, 3.63) is 57.6 Å². The van der Waals surface area contributed by atoms with Crippen LogP contribution in [-0.4, -0.2) is 27.3 Å². The molecule has 0 aliphatic carbocycles. The number of aryl methyl sites for hydroxylation is 2. The summed E-state index contributed by atoms with van der Waals surface area (Å²) in [5.41, 5.74) is 3.35. The lowest BCUT2D eigenvalue weighted by atomic mass is 10.1. The third-order valence-electron chi connectivity index (χ3n) is 4.12. The number of hydrogen-bond donors (Lipinski definition) is 1. The lowest BCUT2D eigenvalue weighted by Gasteiger charge is -2.15. The molecule has 0 bridgehead atoms. The van der Waals surface area contributed by atoms with E-state index in [1.807, 2.05) is 19.1 Å². The zero-order valence-electron chi connectivity index (χ0n) is 15.6. The van der Waals surface area contributed by atoms with Gasteiger partial charge in [-0.1, -0.05) is 50.9 Å². The standard InChI is InChI=1S/C19H22BrN5O2/c1-4-25-19(22-23-24-25)21-11-15-9-17(26-3)18(10-16(15)20)27-12-14-7-5-13(2)6-8-14/h5-10H,4,11-12H2,1-3H3,(H,21,22,24). The van der Waals surface area contributed by atoms with Gasteiger partial charge in [0.15, 0.2) is 11.5 Å². The minimum atomic E-state index is 0.478. The summed E-state index contributed by atoms with van der Waals surface area (Å²) in [6, 6.07) is 12.1. The number of tetrazole rings is 1. The fourth-order valence-corrected chi connectivity index (χ4v) is 3.01. The van der Waals surface area contributed by atoms with Gasteiger partial charge >= 0.3 is 0 Å². The van der Waals surface area contributed by atoms with E-state index in [-0.39, 0.29) is 0 Å². The summed E-state index contributed by atoms with van der Waals surface area (Å²) in [5, 5.41) is 14.8. The van der Waals surface area contributed by atoms with E-state index in [2.05, 4.69) is 68.0 Å². The quantitative estimate of drug-likeness (QED) is 0.581. The summed E-state index contributed by atoms with van der Waals surface area (Å²) < 4.78 is 14.1. The SMILES string of the molecule is CCn1nnnc1NCc1cc(OC)c(OCc2ccc(C)cc2)cc1Br. The molecule has 0 aliphatic rings. The first kappa shape index (κ1) is 19.2. The predicted octanol–water partition coefficient (Wildman–Crippen LogP) is 3.96. The van der Waals surface area contributed by atoms with Gasteiger partial charge in [-0.25, -0.2) is 4.68 Å². The van der Waals surface area contributed by atoms with Crippen LogP contribution in [-0.2, 0) is 19.7 Å². The van der Waals surface area contributed by atoms with Gasteiger partial charge in [0.1, 0.15) is 6.61 Å². The number of nitrogens with one attached hydrogen (secondary N) is 1. The number of rotatable bonds is 8. The molecule has 1 aromatic heterocycles. The van der Waals surface area contributed by atoms with E-state index in [1.54, 1.807) is 11.8 Å². The van der Waals surface area contributed by atoms with Gasteiger partial charge in [0.05, 0.1) is 7.11 Å². The summed E-state index contributed by atoms with van der Waals surface area (Å²) in [6.07, 6.45) is 0. The minimum absolute atomic E-state index is 0.478. The summed E-state index contributed by atoms with van der Waals surface area (Å²) in [5.74, 6) is 1.99. The number of aromatic nitrogens is 4. The molecule has 0 amide bonds. The van der Waals surface area contributed by atoms with E-state index in [4.69, 9.17) is 9.47 Å². The number of halogens is 1. The molecule has 7 nitrogen and oxygen atoms in total. The van der Waals surface area contributed by atoms with E-state index in [1.165, 1.54) is 5.56 Å². The van der Waals surface area contributed by atoms with E-state index in [0.29, 0.717) is 37.1 Å². The van der Waals surface area contributed by atoms with Gasteiger partial charge in [0.25, 0.3) is 0 Å². The Morgan fingerprint density at radius 1 is 1.15 bits per heavy atom. The second-order valence-corrected chi connectivity index (χ2v) is 6.89. The van der Waals surface area contributed by atoms with Crippen LogP contribution >= 0.6 is 15.9 Å². The van der Waals surface area contributed by atoms with Crippen molar-refractivity contribution in [3.63, 3.8) is 0 Å². The molecular formula is C19H22BrN5O2. The second kappa shape index (κ2) is 8.85. The number of benzene rings is 2. The van der Waals surface area contributed by atoms with Crippen molar-refractivity contribution >= 4 is 21.9 Å². The largest absolute Gasteiger partial charge is 0.493 e. The van der Waals surface area contributed by atoms with E-state index in [0.717, 1.165) is 15.6 Å². The summed E-state index contributed by atoms with van der Waals surface area (Å²) in [7, 11) is 1.64. The molecular weight excluding hydrogens is 410 g/mol. The normalized spacial score (nSPS) is 10.7. The Balaban J connectivity index is 1.71. The summed E-state index contributed by atoms with van der Waals surface area (Å²) >= 11 is 3.61. The molecule has 0 spiro atoms. The number of nitrogens with zero attached hydrogens (tertiary/aromatic N) is 4. The van der Waals surface area contributed by atoms with E-state index < -0.39 is 0 Å². The Morgan fingerprint density at radius 2 is 1.93 bits per heavy atom. The molecule has 0 atom stereocenters. The second-order valence-electron chi connectivity index (χ2n) is 6.04. The Bertz CT molecular complexity index is 896. The van der Waals surface area contributed by atoms with Gasteiger partial charge in [-0.15, -0.1) is 0 Å². The smallest absolute Gasteiger partial charge is 0.243 e. The van der Waals surface area contributed by atoms with Crippen LogP contribution in [0.4, 0.5) is 5.95 Å². The molecule has 3 aromatic rings. The summed E-state index contributed by atoms with van der Waals surface area (Å²) in [6.45, 7) is 5.78. The van der Waals surface area contributed by atoms with E-state index >= 15 is 0 Å². The molecule has 27 heavy (non-hydrogen) atoms. The van der Waals surface area contributed by atoms with Gasteiger partial charge in [-0.2, -0.15) is 0 Å². The van der Waals surface area contributed by atoms with Crippen LogP contribution in [0.2, 0.25) is 0 Å². The van der Waals surface area contributed by atoms with Crippen molar-refractivity contribution in [2.45, 2.75) is 33.5 Å². The van der Waals surface area contributed by atoms with Crippen LogP contribution < -0.4 is 14.8 Å². The van der Waals surface area contributed by atoms with Gasteiger partial charge in [-0.3, -0.25) is 0 Å². The van der Waals surface area contributed by atoms with Crippen LogP contribution in [0.3, 0.4) is 0 Å². The minimum Gasteiger partial charge on any atom is -0.493 e. The van der Waals surface area contributed by atoms with Gasteiger partial charge < -0.3 is 14.8 Å². The lowest BCUT2D eigenvalue weighted by Crippen LogP contribution is -2.08. The third kappa shape index (κ3) is 4.77. The van der Waals surface area contributed by atoms with E-state index in [9.17, 15) is 0 Å². The topological polar surface area (TPSA) is 74.1 Å². The van der Waals surface area contributed by atoms with Crippen LogP contribution in [0.5, 0.6) is 11.5 Å². The Kier molecular flexibility index (Phi) is 6.28. The molecule has 0 radical (unpaired) electrons. The third-order valence-corrected chi connectivity index (χ3v) is 4.85. The van der Waals surface area contributed by atoms with Crippen molar-refractivity contribution in [2.24, 2.45) is 0 Å². The van der Waals surface area contributed by atoms with Crippen LogP contribution in [0, 0.1) is 6.92 Å². The highest BCUT2D eigenvalue weighted by Gasteiger charge is 2.12. The number of ether oxygens (including phenoxy) is 2. The van der Waals surface area contributed by atoms with Crippen molar-refractivity contribution in [3.8, 4) is 11.5 Å². The molecule has 3 rings (SSSR count). The Labute approximate surface area is 166 Å². The molecule has 0 saturated carbocycles. The maximum absolute atomic E-state index is 5.96. The number of methoxy groups -OCH3 is 1. The molecule has 0 aliphatic heterocycles. The maximum atomic E-state index is 5.96. The first-order chi connectivity index (χ1) is 13.1. The van der Waals surface area contributed by atoms with Gasteiger partial charge in [0, 0.05) is 17.6 Å². The number of hydrogen-bond acceptors (Lipinski definition) is 6.